The maximum atomic E-state index is 12.9. The summed E-state index contributed by atoms with van der Waals surface area (Å²) in [4.78, 5) is 0. The first-order valence-electron chi connectivity index (χ1n) is 5.52. The van der Waals surface area contributed by atoms with Crippen molar-refractivity contribution in [2.24, 2.45) is 0 Å². The average Bonchev–Trinajstić information content (AvgIpc) is 2.58. The summed E-state index contributed by atoms with van der Waals surface area (Å²) in [6, 6.07) is 0. The molecule has 1 N–H and O–H groups in total. The molecule has 1 heterocycles. The number of aromatic nitrogens is 2. The molecule has 0 aliphatic carbocycles. The Bertz CT molecular complexity index is 245. The monoisotopic (exact) mass is 198 g/mol. The summed E-state index contributed by atoms with van der Waals surface area (Å²) in [5.74, 6) is -0.196. The zero-order valence-electron chi connectivity index (χ0n) is 8.85. The molecular formula is C11H19FN2. The zero-order valence-corrected chi connectivity index (χ0v) is 8.85. The highest BCUT2D eigenvalue weighted by atomic mass is 19.1. The number of hydrogen-bond acceptors (Lipinski definition) is 1. The van der Waals surface area contributed by atoms with Crippen molar-refractivity contribution in [3.05, 3.63) is 17.7 Å². The van der Waals surface area contributed by atoms with Gasteiger partial charge in [0.05, 0.1) is 11.9 Å². The first kappa shape index (κ1) is 11.2. The van der Waals surface area contributed by atoms with Gasteiger partial charge in [-0.3, -0.25) is 5.10 Å². The van der Waals surface area contributed by atoms with Crippen molar-refractivity contribution in [2.45, 2.75) is 51.9 Å². The molecule has 3 heteroatoms. The van der Waals surface area contributed by atoms with Crippen LogP contribution in [0.3, 0.4) is 0 Å². The molecule has 0 saturated heterocycles. The molecule has 0 saturated carbocycles. The lowest BCUT2D eigenvalue weighted by molar-refractivity contribution is 0.578. The third-order valence-corrected chi connectivity index (χ3v) is 2.45. The molecule has 0 aliphatic rings. The fourth-order valence-electron chi connectivity index (χ4n) is 1.56. The quantitative estimate of drug-likeness (QED) is 0.668. The fraction of sp³-hybridized carbons (Fsp3) is 0.727. The molecule has 0 aromatic carbocycles. The van der Waals surface area contributed by atoms with Crippen LogP contribution >= 0.6 is 0 Å². The van der Waals surface area contributed by atoms with Crippen LogP contribution < -0.4 is 0 Å². The van der Waals surface area contributed by atoms with Crippen molar-refractivity contribution in [1.82, 2.24) is 10.2 Å². The Hall–Kier alpha value is -0.860. The van der Waals surface area contributed by atoms with Gasteiger partial charge in [-0.05, 0) is 12.8 Å². The number of unbranched alkanes of at least 4 members (excludes halogenated alkanes) is 5. The highest BCUT2D eigenvalue weighted by Crippen LogP contribution is 2.10. The van der Waals surface area contributed by atoms with E-state index in [0.29, 0.717) is 5.69 Å². The van der Waals surface area contributed by atoms with Gasteiger partial charge in [-0.15, -0.1) is 0 Å². The van der Waals surface area contributed by atoms with Gasteiger partial charge in [-0.25, -0.2) is 4.39 Å². The Morgan fingerprint density at radius 1 is 1.21 bits per heavy atom. The molecule has 1 rings (SSSR count). The molecule has 0 atom stereocenters. The molecule has 1 aromatic heterocycles. The minimum absolute atomic E-state index is 0.196. The van der Waals surface area contributed by atoms with Gasteiger partial charge in [0.2, 0.25) is 0 Å². The summed E-state index contributed by atoms with van der Waals surface area (Å²) in [5.41, 5.74) is 0.653. The Balaban J connectivity index is 2.02. The molecule has 1 aromatic rings. The van der Waals surface area contributed by atoms with Crippen LogP contribution in [0.1, 0.15) is 51.1 Å². The molecule has 0 unspecified atom stereocenters. The summed E-state index contributed by atoms with van der Waals surface area (Å²) in [6.07, 6.45) is 9.45. The second-order valence-corrected chi connectivity index (χ2v) is 3.71. The Morgan fingerprint density at radius 3 is 2.57 bits per heavy atom. The normalized spacial score (nSPS) is 10.7. The standard InChI is InChI=1S/C11H19FN2/c1-2-3-4-5-6-7-8-11-10(12)9-13-14-11/h9H,2-8H2,1H3,(H,13,14). The van der Waals surface area contributed by atoms with Gasteiger partial charge in [-0.1, -0.05) is 39.0 Å². The number of nitrogens with zero attached hydrogens (tertiary/aromatic N) is 1. The molecular weight excluding hydrogens is 179 g/mol. The van der Waals surface area contributed by atoms with Crippen LogP contribution in [0.15, 0.2) is 6.20 Å². The minimum Gasteiger partial charge on any atom is -0.280 e. The van der Waals surface area contributed by atoms with Crippen molar-refractivity contribution in [2.75, 3.05) is 0 Å². The third-order valence-electron chi connectivity index (χ3n) is 2.45. The summed E-state index contributed by atoms with van der Waals surface area (Å²) >= 11 is 0. The maximum Gasteiger partial charge on any atom is 0.163 e. The predicted molar refractivity (Wildman–Crippen MR) is 55.6 cm³/mol. The van der Waals surface area contributed by atoms with Crippen molar-refractivity contribution < 1.29 is 4.39 Å². The van der Waals surface area contributed by atoms with Gasteiger partial charge < -0.3 is 0 Å². The Morgan fingerprint density at radius 2 is 1.93 bits per heavy atom. The predicted octanol–water partition coefficient (Wildman–Crippen LogP) is 3.45. The SMILES string of the molecule is CCCCCCCCc1[nH]ncc1F. The molecule has 0 aliphatic heterocycles. The van der Waals surface area contributed by atoms with Crippen molar-refractivity contribution in [1.29, 1.82) is 0 Å². The van der Waals surface area contributed by atoms with Crippen molar-refractivity contribution in [3.63, 3.8) is 0 Å². The lowest BCUT2D eigenvalue weighted by atomic mass is 10.1. The molecule has 0 bridgehead atoms. The van der Waals surface area contributed by atoms with Crippen LogP contribution in [0.25, 0.3) is 0 Å². The number of H-pyrrole nitrogens is 1. The number of halogens is 1. The first-order valence-corrected chi connectivity index (χ1v) is 5.52. The summed E-state index contributed by atoms with van der Waals surface area (Å²) in [5, 5.41) is 6.33. The molecule has 0 fully saturated rings. The van der Waals surface area contributed by atoms with Gasteiger partial charge >= 0.3 is 0 Å². The van der Waals surface area contributed by atoms with E-state index in [4.69, 9.17) is 0 Å². The molecule has 80 valence electrons. The third kappa shape index (κ3) is 3.90. The lowest BCUT2D eigenvalue weighted by Crippen LogP contribution is -1.89. The van der Waals surface area contributed by atoms with E-state index in [1.54, 1.807) is 0 Å². The lowest BCUT2D eigenvalue weighted by Gasteiger charge is -1.99. The van der Waals surface area contributed by atoms with Crippen LogP contribution in [0.4, 0.5) is 4.39 Å². The highest BCUT2D eigenvalue weighted by Gasteiger charge is 2.02. The maximum absolute atomic E-state index is 12.9. The summed E-state index contributed by atoms with van der Waals surface area (Å²) in [7, 11) is 0. The van der Waals surface area contributed by atoms with Crippen LogP contribution in [0.5, 0.6) is 0 Å². The second kappa shape index (κ2) is 6.57. The van der Waals surface area contributed by atoms with Gasteiger partial charge in [0.15, 0.2) is 5.82 Å². The van der Waals surface area contributed by atoms with Crippen LogP contribution in [0.2, 0.25) is 0 Å². The minimum atomic E-state index is -0.196. The number of aryl methyl sites for hydroxylation is 1. The van der Waals surface area contributed by atoms with Gasteiger partial charge in [-0.2, -0.15) is 5.10 Å². The molecule has 0 amide bonds. The summed E-state index contributed by atoms with van der Waals surface area (Å²) in [6.45, 7) is 2.21. The first-order chi connectivity index (χ1) is 6.84. The van der Waals surface area contributed by atoms with E-state index in [1.165, 1.54) is 38.3 Å². The molecule has 14 heavy (non-hydrogen) atoms. The largest absolute Gasteiger partial charge is 0.280 e. The summed E-state index contributed by atoms with van der Waals surface area (Å²) < 4.78 is 12.9. The zero-order chi connectivity index (χ0) is 10.2. The average molecular weight is 198 g/mol. The van der Waals surface area contributed by atoms with Gasteiger partial charge in [0.25, 0.3) is 0 Å². The highest BCUT2D eigenvalue weighted by molar-refractivity contribution is 5.01. The van der Waals surface area contributed by atoms with Crippen LogP contribution in [0, 0.1) is 5.82 Å². The van der Waals surface area contributed by atoms with E-state index in [1.807, 2.05) is 0 Å². The number of aromatic amines is 1. The van der Waals surface area contributed by atoms with E-state index in [9.17, 15) is 4.39 Å². The van der Waals surface area contributed by atoms with Gasteiger partial charge in [0.1, 0.15) is 0 Å². The molecule has 0 spiro atoms. The van der Waals surface area contributed by atoms with E-state index in [-0.39, 0.29) is 5.82 Å². The number of nitrogens with one attached hydrogen (secondary N) is 1. The number of rotatable bonds is 7. The topological polar surface area (TPSA) is 28.7 Å². The van der Waals surface area contributed by atoms with Crippen LogP contribution in [-0.2, 0) is 6.42 Å². The Kier molecular flexibility index (Phi) is 5.27. The van der Waals surface area contributed by atoms with E-state index in [0.717, 1.165) is 12.8 Å². The van der Waals surface area contributed by atoms with E-state index >= 15 is 0 Å². The van der Waals surface area contributed by atoms with E-state index < -0.39 is 0 Å². The number of hydrogen-bond donors (Lipinski definition) is 1. The fourth-order valence-corrected chi connectivity index (χ4v) is 1.56. The van der Waals surface area contributed by atoms with Crippen molar-refractivity contribution >= 4 is 0 Å². The molecule has 0 radical (unpaired) electrons. The second-order valence-electron chi connectivity index (χ2n) is 3.71. The Labute approximate surface area is 84.9 Å². The molecule has 2 nitrogen and oxygen atoms in total. The van der Waals surface area contributed by atoms with E-state index in [2.05, 4.69) is 17.1 Å². The smallest absolute Gasteiger partial charge is 0.163 e. The van der Waals surface area contributed by atoms with Crippen LogP contribution in [-0.4, -0.2) is 10.2 Å². The van der Waals surface area contributed by atoms with Gasteiger partial charge in [0, 0.05) is 0 Å². The van der Waals surface area contributed by atoms with Crippen molar-refractivity contribution in [3.8, 4) is 0 Å².